The van der Waals surface area contributed by atoms with Gasteiger partial charge < -0.3 is 5.32 Å². The van der Waals surface area contributed by atoms with E-state index in [-0.39, 0.29) is 17.8 Å². The first-order chi connectivity index (χ1) is 14.0. The summed E-state index contributed by atoms with van der Waals surface area (Å²) in [6.45, 7) is 3.91. The normalized spacial score (nSPS) is 12.0. The van der Waals surface area contributed by atoms with Crippen LogP contribution >= 0.6 is 0 Å². The molecule has 1 amide bonds. The zero-order valence-corrected chi connectivity index (χ0v) is 16.3. The molecule has 1 N–H and O–H groups in total. The fourth-order valence-electron chi connectivity index (χ4n) is 3.43. The Labute approximate surface area is 169 Å². The highest BCUT2D eigenvalue weighted by molar-refractivity contribution is 6.07. The molecule has 0 fully saturated rings. The van der Waals surface area contributed by atoms with Gasteiger partial charge in [0.2, 0.25) is 0 Å². The molecular formula is C25H21FN2O. The molecule has 1 atom stereocenters. The predicted molar refractivity (Wildman–Crippen MR) is 114 cm³/mol. The number of fused-ring (bicyclic) bond motifs is 1. The summed E-state index contributed by atoms with van der Waals surface area (Å²) in [6, 6.07) is 23.5. The average Bonchev–Trinajstić information content (AvgIpc) is 2.74. The highest BCUT2D eigenvalue weighted by Crippen LogP contribution is 2.28. The van der Waals surface area contributed by atoms with Crippen LogP contribution in [0.15, 0.2) is 78.9 Å². The molecule has 29 heavy (non-hydrogen) atoms. The molecule has 3 aromatic carbocycles. The van der Waals surface area contributed by atoms with Gasteiger partial charge in [0.05, 0.1) is 22.8 Å². The lowest BCUT2D eigenvalue weighted by atomic mass is 10.0. The van der Waals surface area contributed by atoms with E-state index >= 15 is 0 Å². The van der Waals surface area contributed by atoms with Crippen LogP contribution in [0, 0.1) is 12.7 Å². The smallest absolute Gasteiger partial charge is 0.252 e. The number of carbonyl (C=O) groups is 1. The molecule has 144 valence electrons. The first-order valence-electron chi connectivity index (χ1n) is 9.55. The van der Waals surface area contributed by atoms with E-state index in [1.165, 1.54) is 6.07 Å². The summed E-state index contributed by atoms with van der Waals surface area (Å²) in [4.78, 5) is 17.8. The molecule has 0 bridgehead atoms. The maximum atomic E-state index is 14.4. The summed E-state index contributed by atoms with van der Waals surface area (Å²) in [5, 5.41) is 3.81. The molecule has 3 nitrogen and oxygen atoms in total. The zero-order valence-electron chi connectivity index (χ0n) is 16.3. The number of hydrogen-bond donors (Lipinski definition) is 1. The number of rotatable bonds is 4. The Morgan fingerprint density at radius 3 is 2.45 bits per heavy atom. The van der Waals surface area contributed by atoms with Crippen molar-refractivity contribution < 1.29 is 9.18 Å². The summed E-state index contributed by atoms with van der Waals surface area (Å²) in [5.74, 6) is -0.576. The van der Waals surface area contributed by atoms with E-state index in [0.717, 1.165) is 16.5 Å². The van der Waals surface area contributed by atoms with Crippen molar-refractivity contribution in [3.05, 3.63) is 101 Å². The molecular weight excluding hydrogens is 363 g/mol. The van der Waals surface area contributed by atoms with Gasteiger partial charge in [-0.2, -0.15) is 0 Å². The second kappa shape index (κ2) is 7.84. The Hall–Kier alpha value is -3.53. The highest BCUT2D eigenvalue weighted by Gasteiger charge is 2.18. The van der Waals surface area contributed by atoms with Gasteiger partial charge in [0.15, 0.2) is 0 Å². The number of aromatic nitrogens is 1. The third-order valence-corrected chi connectivity index (χ3v) is 5.01. The lowest BCUT2D eigenvalue weighted by Crippen LogP contribution is -2.27. The van der Waals surface area contributed by atoms with Crippen LogP contribution in [0.3, 0.4) is 0 Å². The number of halogens is 1. The minimum absolute atomic E-state index is 0.159. The number of benzene rings is 3. The third kappa shape index (κ3) is 3.87. The van der Waals surface area contributed by atoms with Crippen molar-refractivity contribution in [3.63, 3.8) is 0 Å². The summed E-state index contributed by atoms with van der Waals surface area (Å²) in [7, 11) is 0. The minimum Gasteiger partial charge on any atom is -0.345 e. The molecule has 1 aromatic heterocycles. The fourth-order valence-corrected chi connectivity index (χ4v) is 3.43. The molecule has 4 rings (SSSR count). The number of pyridine rings is 1. The summed E-state index contributed by atoms with van der Waals surface area (Å²) in [6.07, 6.45) is 0. The van der Waals surface area contributed by atoms with Crippen LogP contribution in [0.5, 0.6) is 0 Å². The lowest BCUT2D eigenvalue weighted by molar-refractivity contribution is 0.0941. The second-order valence-electron chi connectivity index (χ2n) is 7.16. The van der Waals surface area contributed by atoms with Gasteiger partial charge >= 0.3 is 0 Å². The molecule has 0 aliphatic heterocycles. The van der Waals surface area contributed by atoms with E-state index in [1.54, 1.807) is 24.3 Å². The Balaban J connectivity index is 1.80. The van der Waals surface area contributed by atoms with Crippen molar-refractivity contribution >= 4 is 16.8 Å². The molecule has 0 aliphatic carbocycles. The number of aryl methyl sites for hydroxylation is 1. The topological polar surface area (TPSA) is 42.0 Å². The molecule has 0 radical (unpaired) electrons. The van der Waals surface area contributed by atoms with Gasteiger partial charge in [-0.3, -0.25) is 4.79 Å². The Morgan fingerprint density at radius 2 is 1.69 bits per heavy atom. The summed E-state index contributed by atoms with van der Waals surface area (Å²) >= 11 is 0. The van der Waals surface area contributed by atoms with Gasteiger partial charge in [-0.1, -0.05) is 54.1 Å². The summed E-state index contributed by atoms with van der Waals surface area (Å²) in [5.41, 5.74) is 4.01. The van der Waals surface area contributed by atoms with Crippen LogP contribution < -0.4 is 5.32 Å². The number of nitrogens with one attached hydrogen (secondary N) is 1. The van der Waals surface area contributed by atoms with Crippen LogP contribution in [-0.4, -0.2) is 10.9 Å². The van der Waals surface area contributed by atoms with E-state index in [2.05, 4.69) is 10.3 Å². The second-order valence-corrected chi connectivity index (χ2v) is 7.16. The quantitative estimate of drug-likeness (QED) is 0.480. The van der Waals surface area contributed by atoms with Gasteiger partial charge in [0.1, 0.15) is 5.82 Å². The van der Waals surface area contributed by atoms with Crippen LogP contribution in [-0.2, 0) is 0 Å². The molecule has 0 spiro atoms. The van der Waals surface area contributed by atoms with E-state index in [0.29, 0.717) is 22.3 Å². The Morgan fingerprint density at radius 1 is 0.966 bits per heavy atom. The van der Waals surface area contributed by atoms with Crippen LogP contribution in [0.2, 0.25) is 0 Å². The number of amides is 1. The van der Waals surface area contributed by atoms with Crippen molar-refractivity contribution in [2.24, 2.45) is 0 Å². The monoisotopic (exact) mass is 384 g/mol. The maximum Gasteiger partial charge on any atom is 0.252 e. The molecule has 4 heteroatoms. The van der Waals surface area contributed by atoms with Crippen LogP contribution in [0.25, 0.3) is 22.2 Å². The SMILES string of the molecule is Cc1ccc2nc(-c3ccccc3F)cc(C(=O)NC(C)c3ccccc3)c2c1. The first-order valence-corrected chi connectivity index (χ1v) is 9.55. The maximum absolute atomic E-state index is 14.4. The van der Waals surface area contributed by atoms with Crippen molar-refractivity contribution in [3.8, 4) is 11.3 Å². The number of hydrogen-bond acceptors (Lipinski definition) is 2. The van der Waals surface area contributed by atoms with Gasteiger partial charge in [0.25, 0.3) is 5.91 Å². The average molecular weight is 384 g/mol. The van der Waals surface area contributed by atoms with Gasteiger partial charge in [0, 0.05) is 10.9 Å². The predicted octanol–water partition coefficient (Wildman–Crippen LogP) is 5.84. The minimum atomic E-state index is -0.365. The van der Waals surface area contributed by atoms with Gasteiger partial charge in [-0.05, 0) is 49.7 Å². The van der Waals surface area contributed by atoms with Crippen molar-refractivity contribution in [1.29, 1.82) is 0 Å². The lowest BCUT2D eigenvalue weighted by Gasteiger charge is -2.16. The van der Waals surface area contributed by atoms with Gasteiger partial charge in [-0.15, -0.1) is 0 Å². The zero-order chi connectivity index (χ0) is 20.4. The molecule has 4 aromatic rings. The Kier molecular flexibility index (Phi) is 5.09. The van der Waals surface area contributed by atoms with E-state index < -0.39 is 0 Å². The van der Waals surface area contributed by atoms with Crippen molar-refractivity contribution in [2.75, 3.05) is 0 Å². The van der Waals surface area contributed by atoms with E-state index in [9.17, 15) is 9.18 Å². The molecule has 1 unspecified atom stereocenters. The number of nitrogens with zero attached hydrogens (tertiary/aromatic N) is 1. The third-order valence-electron chi connectivity index (χ3n) is 5.01. The van der Waals surface area contributed by atoms with E-state index in [1.807, 2.05) is 62.4 Å². The summed E-state index contributed by atoms with van der Waals surface area (Å²) < 4.78 is 14.4. The van der Waals surface area contributed by atoms with Crippen molar-refractivity contribution in [1.82, 2.24) is 10.3 Å². The number of carbonyl (C=O) groups excluding carboxylic acids is 1. The first kappa shape index (κ1) is 18.8. The molecule has 1 heterocycles. The standard InChI is InChI=1S/C25H21FN2O/c1-16-12-13-23-20(14-16)21(15-24(28-23)19-10-6-7-11-22(19)26)25(29)27-17(2)18-8-4-3-5-9-18/h3-15,17H,1-2H3,(H,27,29). The Bertz CT molecular complexity index is 1190. The highest BCUT2D eigenvalue weighted by atomic mass is 19.1. The fraction of sp³-hybridized carbons (Fsp3) is 0.120. The van der Waals surface area contributed by atoms with Gasteiger partial charge in [-0.25, -0.2) is 9.37 Å². The van der Waals surface area contributed by atoms with Crippen LogP contribution in [0.1, 0.15) is 34.5 Å². The molecule has 0 saturated heterocycles. The largest absolute Gasteiger partial charge is 0.345 e. The van der Waals surface area contributed by atoms with Crippen LogP contribution in [0.4, 0.5) is 4.39 Å². The van der Waals surface area contributed by atoms with E-state index in [4.69, 9.17) is 0 Å². The van der Waals surface area contributed by atoms with Crippen molar-refractivity contribution in [2.45, 2.75) is 19.9 Å². The molecule has 0 saturated carbocycles. The molecule has 0 aliphatic rings.